The SMILES string of the molecule is CN1CCc2ccc(NC(=O)NC3CCCCCC3CO)cc21. The molecule has 1 aliphatic heterocycles. The van der Waals surface area contributed by atoms with Gasteiger partial charge in [0.2, 0.25) is 0 Å². The molecular weight excluding hydrogens is 290 g/mol. The highest BCUT2D eigenvalue weighted by Gasteiger charge is 2.24. The van der Waals surface area contributed by atoms with Crippen LogP contribution in [-0.2, 0) is 6.42 Å². The molecule has 5 heteroatoms. The Morgan fingerprint density at radius 3 is 2.96 bits per heavy atom. The van der Waals surface area contributed by atoms with E-state index >= 15 is 0 Å². The fourth-order valence-electron chi connectivity index (χ4n) is 3.75. The Hall–Kier alpha value is -1.75. The zero-order valence-electron chi connectivity index (χ0n) is 13.8. The Balaban J connectivity index is 1.61. The van der Waals surface area contributed by atoms with E-state index in [1.165, 1.54) is 17.7 Å². The zero-order valence-corrected chi connectivity index (χ0v) is 13.8. The van der Waals surface area contributed by atoms with Crippen molar-refractivity contribution in [3.05, 3.63) is 23.8 Å². The summed E-state index contributed by atoms with van der Waals surface area (Å²) in [4.78, 5) is 14.5. The Morgan fingerprint density at radius 2 is 2.13 bits per heavy atom. The van der Waals surface area contributed by atoms with Gasteiger partial charge in [0, 0.05) is 43.5 Å². The molecule has 3 rings (SSSR count). The van der Waals surface area contributed by atoms with Crippen molar-refractivity contribution in [3.63, 3.8) is 0 Å². The third-order valence-electron chi connectivity index (χ3n) is 5.18. The molecule has 0 aromatic heterocycles. The quantitative estimate of drug-likeness (QED) is 0.751. The van der Waals surface area contributed by atoms with Gasteiger partial charge in [-0.05, 0) is 37.0 Å². The molecule has 23 heavy (non-hydrogen) atoms. The van der Waals surface area contributed by atoms with Crippen LogP contribution in [-0.4, -0.2) is 37.4 Å². The highest BCUT2D eigenvalue weighted by atomic mass is 16.3. The second-order valence-electron chi connectivity index (χ2n) is 6.80. The molecule has 1 heterocycles. The average Bonchev–Trinajstić information content (AvgIpc) is 2.77. The lowest BCUT2D eigenvalue weighted by molar-refractivity contribution is 0.182. The lowest BCUT2D eigenvalue weighted by Crippen LogP contribution is -2.43. The summed E-state index contributed by atoms with van der Waals surface area (Å²) >= 11 is 0. The smallest absolute Gasteiger partial charge is 0.319 e. The van der Waals surface area contributed by atoms with Gasteiger partial charge in [-0.3, -0.25) is 0 Å². The first-order valence-electron chi connectivity index (χ1n) is 8.70. The van der Waals surface area contributed by atoms with E-state index < -0.39 is 0 Å². The molecule has 5 nitrogen and oxygen atoms in total. The summed E-state index contributed by atoms with van der Waals surface area (Å²) in [7, 11) is 2.08. The molecule has 3 N–H and O–H groups in total. The molecule has 0 bridgehead atoms. The number of hydrogen-bond acceptors (Lipinski definition) is 3. The maximum Gasteiger partial charge on any atom is 0.319 e. The number of nitrogens with one attached hydrogen (secondary N) is 2. The number of carbonyl (C=O) groups is 1. The summed E-state index contributed by atoms with van der Waals surface area (Å²) in [6.07, 6.45) is 6.45. The predicted octanol–water partition coefficient (Wildman–Crippen LogP) is 2.74. The van der Waals surface area contributed by atoms with Crippen molar-refractivity contribution in [1.29, 1.82) is 0 Å². The summed E-state index contributed by atoms with van der Waals surface area (Å²) in [6.45, 7) is 1.18. The first-order valence-corrected chi connectivity index (χ1v) is 8.70. The summed E-state index contributed by atoms with van der Waals surface area (Å²) in [6, 6.07) is 6.00. The molecule has 1 aliphatic carbocycles. The van der Waals surface area contributed by atoms with Gasteiger partial charge in [0.1, 0.15) is 0 Å². The van der Waals surface area contributed by atoms with Crippen LogP contribution in [0.4, 0.5) is 16.2 Å². The van der Waals surface area contributed by atoms with Crippen LogP contribution >= 0.6 is 0 Å². The molecule has 0 saturated heterocycles. The van der Waals surface area contributed by atoms with E-state index in [9.17, 15) is 9.90 Å². The lowest BCUT2D eigenvalue weighted by atomic mass is 9.96. The van der Waals surface area contributed by atoms with E-state index in [1.807, 2.05) is 12.1 Å². The van der Waals surface area contributed by atoms with E-state index in [-0.39, 0.29) is 24.6 Å². The first-order chi connectivity index (χ1) is 11.2. The minimum Gasteiger partial charge on any atom is -0.396 e. The van der Waals surface area contributed by atoms with Crippen LogP contribution in [0.3, 0.4) is 0 Å². The predicted molar refractivity (Wildman–Crippen MR) is 93.0 cm³/mol. The molecule has 2 atom stereocenters. The molecule has 1 fully saturated rings. The van der Waals surface area contributed by atoms with Gasteiger partial charge in [-0.1, -0.05) is 25.3 Å². The molecule has 1 saturated carbocycles. The molecular formula is C18H27N3O2. The monoisotopic (exact) mass is 317 g/mol. The maximum atomic E-state index is 12.3. The molecule has 2 unspecified atom stereocenters. The van der Waals surface area contributed by atoms with Crippen molar-refractivity contribution < 1.29 is 9.90 Å². The highest BCUT2D eigenvalue weighted by molar-refractivity contribution is 5.90. The summed E-state index contributed by atoms with van der Waals surface area (Å²) in [5.74, 6) is 0.175. The first kappa shape index (κ1) is 16.1. The number of urea groups is 1. The van der Waals surface area contributed by atoms with Crippen LogP contribution in [0.15, 0.2) is 18.2 Å². The molecule has 0 radical (unpaired) electrons. The number of anilines is 2. The number of nitrogens with zero attached hydrogens (tertiary/aromatic N) is 1. The van der Waals surface area contributed by atoms with Crippen LogP contribution in [0, 0.1) is 5.92 Å². The van der Waals surface area contributed by atoms with Crippen molar-refractivity contribution in [1.82, 2.24) is 5.32 Å². The number of carbonyl (C=O) groups excluding carboxylic acids is 1. The summed E-state index contributed by atoms with van der Waals surface area (Å²) < 4.78 is 0. The molecule has 126 valence electrons. The maximum absolute atomic E-state index is 12.3. The topological polar surface area (TPSA) is 64.6 Å². The van der Waals surface area contributed by atoms with Gasteiger partial charge in [0.25, 0.3) is 0 Å². The normalized spacial score (nSPS) is 24.0. The number of fused-ring (bicyclic) bond motifs is 1. The molecule has 0 spiro atoms. The van der Waals surface area contributed by atoms with Gasteiger partial charge in [-0.15, -0.1) is 0 Å². The van der Waals surface area contributed by atoms with E-state index in [4.69, 9.17) is 0 Å². The third-order valence-corrected chi connectivity index (χ3v) is 5.18. The molecule has 1 aromatic rings. The van der Waals surface area contributed by atoms with E-state index in [1.54, 1.807) is 0 Å². The second kappa shape index (κ2) is 7.21. The number of benzene rings is 1. The zero-order chi connectivity index (χ0) is 16.2. The lowest BCUT2D eigenvalue weighted by Gasteiger charge is -2.24. The number of amides is 2. The summed E-state index contributed by atoms with van der Waals surface area (Å²) in [5, 5.41) is 15.6. The fraction of sp³-hybridized carbons (Fsp3) is 0.611. The van der Waals surface area contributed by atoms with Crippen LogP contribution in [0.1, 0.15) is 37.7 Å². The average molecular weight is 317 g/mol. The van der Waals surface area contributed by atoms with E-state index in [0.29, 0.717) is 0 Å². The third kappa shape index (κ3) is 3.78. The fourth-order valence-corrected chi connectivity index (χ4v) is 3.75. The van der Waals surface area contributed by atoms with E-state index in [2.05, 4.69) is 28.6 Å². The minimum absolute atomic E-state index is 0.0691. The van der Waals surface area contributed by atoms with Crippen molar-refractivity contribution in [2.24, 2.45) is 5.92 Å². The van der Waals surface area contributed by atoms with Crippen LogP contribution in [0.5, 0.6) is 0 Å². The van der Waals surface area contributed by atoms with Crippen molar-refractivity contribution in [3.8, 4) is 0 Å². The number of aliphatic hydroxyl groups excluding tert-OH is 1. The van der Waals surface area contributed by atoms with Gasteiger partial charge in [0.15, 0.2) is 0 Å². The molecule has 2 amide bonds. The summed E-state index contributed by atoms with van der Waals surface area (Å²) in [5.41, 5.74) is 3.36. The van der Waals surface area contributed by atoms with Crippen LogP contribution in [0.25, 0.3) is 0 Å². The van der Waals surface area contributed by atoms with Crippen molar-refractivity contribution >= 4 is 17.4 Å². The Morgan fingerprint density at radius 1 is 1.30 bits per heavy atom. The molecule has 1 aromatic carbocycles. The molecule has 2 aliphatic rings. The Labute approximate surface area is 138 Å². The van der Waals surface area contributed by atoms with Crippen molar-refractivity contribution in [2.75, 3.05) is 30.4 Å². The Kier molecular flexibility index (Phi) is 5.06. The second-order valence-corrected chi connectivity index (χ2v) is 6.80. The number of aliphatic hydroxyl groups is 1. The standard InChI is InChI=1S/C18H27N3O2/c1-21-10-9-13-7-8-15(11-17(13)21)19-18(23)20-16-6-4-2-3-5-14(16)12-22/h7-8,11,14,16,22H,2-6,9-10,12H2,1H3,(H2,19,20,23). The number of hydrogen-bond donors (Lipinski definition) is 3. The van der Waals surface area contributed by atoms with Crippen LogP contribution < -0.4 is 15.5 Å². The number of rotatable bonds is 3. The minimum atomic E-state index is -0.170. The van der Waals surface area contributed by atoms with Crippen LogP contribution in [0.2, 0.25) is 0 Å². The van der Waals surface area contributed by atoms with Gasteiger partial charge in [-0.2, -0.15) is 0 Å². The number of likely N-dealkylation sites (N-methyl/N-ethyl adjacent to an activating group) is 1. The van der Waals surface area contributed by atoms with Gasteiger partial charge in [0.05, 0.1) is 0 Å². The van der Waals surface area contributed by atoms with Gasteiger partial charge >= 0.3 is 6.03 Å². The van der Waals surface area contributed by atoms with Crippen molar-refractivity contribution in [2.45, 2.75) is 44.6 Å². The highest BCUT2D eigenvalue weighted by Crippen LogP contribution is 2.29. The van der Waals surface area contributed by atoms with Gasteiger partial charge < -0.3 is 20.6 Å². The Bertz CT molecular complexity index is 561. The largest absolute Gasteiger partial charge is 0.396 e. The van der Waals surface area contributed by atoms with E-state index in [0.717, 1.165) is 44.3 Å². The van der Waals surface area contributed by atoms with Gasteiger partial charge in [-0.25, -0.2) is 4.79 Å².